The van der Waals surface area contributed by atoms with E-state index < -0.39 is 12.6 Å². The number of carboxylic acid groups (broad SMARTS) is 1. The van der Waals surface area contributed by atoms with Gasteiger partial charge in [-0.2, -0.15) is 0 Å². The van der Waals surface area contributed by atoms with Gasteiger partial charge >= 0.3 is 5.97 Å². The summed E-state index contributed by atoms with van der Waals surface area (Å²) in [6, 6.07) is 5.04. The molecule has 80 valence electrons. The molecule has 1 aromatic carbocycles. The molecule has 0 aromatic heterocycles. The van der Waals surface area contributed by atoms with Gasteiger partial charge in [-0.05, 0) is 24.1 Å². The average molecular weight is 209 g/mol. The first kappa shape index (κ1) is 9.96. The van der Waals surface area contributed by atoms with E-state index in [0.717, 1.165) is 24.2 Å². The van der Waals surface area contributed by atoms with Crippen molar-refractivity contribution in [3.8, 4) is 0 Å². The van der Waals surface area contributed by atoms with Gasteiger partial charge in [-0.25, -0.2) is 9.18 Å². The number of hydrogen-bond acceptors (Lipinski definition) is 2. The van der Waals surface area contributed by atoms with Gasteiger partial charge in [-0.1, -0.05) is 6.07 Å². The first-order valence-electron chi connectivity index (χ1n) is 4.89. The zero-order valence-corrected chi connectivity index (χ0v) is 8.24. The van der Waals surface area contributed by atoms with Gasteiger partial charge in [0, 0.05) is 18.8 Å². The molecule has 3 nitrogen and oxygen atoms in total. The number of carbonyl (C=O) groups is 1. The van der Waals surface area contributed by atoms with Crippen molar-refractivity contribution in [2.45, 2.75) is 6.42 Å². The van der Waals surface area contributed by atoms with Crippen molar-refractivity contribution in [3.63, 3.8) is 0 Å². The van der Waals surface area contributed by atoms with E-state index in [9.17, 15) is 9.18 Å². The third kappa shape index (κ3) is 1.79. The largest absolute Gasteiger partial charge is 0.478 e. The Labute approximate surface area is 87.1 Å². The zero-order chi connectivity index (χ0) is 10.8. The van der Waals surface area contributed by atoms with Crippen LogP contribution in [-0.4, -0.2) is 30.8 Å². The molecule has 1 heterocycles. The lowest BCUT2D eigenvalue weighted by atomic mass is 10.1. The van der Waals surface area contributed by atoms with Crippen LogP contribution in [0.5, 0.6) is 0 Å². The Morgan fingerprint density at radius 1 is 1.53 bits per heavy atom. The summed E-state index contributed by atoms with van der Waals surface area (Å²) < 4.78 is 12.2. The summed E-state index contributed by atoms with van der Waals surface area (Å²) in [5.41, 5.74) is 2.24. The molecule has 0 spiro atoms. The van der Waals surface area contributed by atoms with Gasteiger partial charge in [-0.15, -0.1) is 0 Å². The SMILES string of the molecule is O=C(O)c1ccc2c(c1)N(CCF)CC2. The molecule has 0 atom stereocenters. The maximum atomic E-state index is 12.2. The number of rotatable bonds is 3. The highest BCUT2D eigenvalue weighted by molar-refractivity contribution is 5.89. The number of nitrogens with zero attached hydrogens (tertiary/aromatic N) is 1. The highest BCUT2D eigenvalue weighted by Crippen LogP contribution is 2.28. The number of carboxylic acids is 1. The minimum atomic E-state index is -0.940. The van der Waals surface area contributed by atoms with Crippen molar-refractivity contribution in [3.05, 3.63) is 29.3 Å². The van der Waals surface area contributed by atoms with E-state index in [0.29, 0.717) is 6.54 Å². The molecular weight excluding hydrogens is 197 g/mol. The number of benzene rings is 1. The minimum Gasteiger partial charge on any atom is -0.478 e. The molecule has 2 rings (SSSR count). The van der Waals surface area contributed by atoms with Crippen LogP contribution in [0.4, 0.5) is 10.1 Å². The van der Waals surface area contributed by atoms with Gasteiger partial charge in [0.25, 0.3) is 0 Å². The number of anilines is 1. The van der Waals surface area contributed by atoms with Crippen molar-refractivity contribution in [2.24, 2.45) is 0 Å². The second-order valence-corrected chi connectivity index (χ2v) is 3.57. The number of fused-ring (bicyclic) bond motifs is 1. The highest BCUT2D eigenvalue weighted by atomic mass is 19.1. The van der Waals surface area contributed by atoms with E-state index in [1.54, 1.807) is 12.1 Å². The van der Waals surface area contributed by atoms with Gasteiger partial charge in [0.1, 0.15) is 6.67 Å². The molecule has 0 saturated heterocycles. The topological polar surface area (TPSA) is 40.5 Å². The van der Waals surface area contributed by atoms with Crippen LogP contribution in [0, 0.1) is 0 Å². The van der Waals surface area contributed by atoms with Crippen molar-refractivity contribution in [1.82, 2.24) is 0 Å². The summed E-state index contributed by atoms with van der Waals surface area (Å²) in [5.74, 6) is -0.940. The first-order valence-corrected chi connectivity index (χ1v) is 4.89. The Kier molecular flexibility index (Phi) is 2.58. The molecular formula is C11H12FNO2. The van der Waals surface area contributed by atoms with Crippen LogP contribution in [0.2, 0.25) is 0 Å². The lowest BCUT2D eigenvalue weighted by Gasteiger charge is -2.17. The molecule has 0 saturated carbocycles. The Balaban J connectivity index is 2.33. The van der Waals surface area contributed by atoms with E-state index in [4.69, 9.17) is 5.11 Å². The Morgan fingerprint density at radius 2 is 2.33 bits per heavy atom. The van der Waals surface area contributed by atoms with Crippen molar-refractivity contribution in [2.75, 3.05) is 24.7 Å². The molecule has 4 heteroatoms. The Bertz CT molecular complexity index is 390. The molecule has 15 heavy (non-hydrogen) atoms. The summed E-state index contributed by atoms with van der Waals surface area (Å²) in [6.45, 7) is 0.717. The standard InChI is InChI=1S/C11H12FNO2/c12-4-6-13-5-3-8-1-2-9(11(14)15)7-10(8)13/h1-2,7H,3-6H2,(H,14,15). The van der Waals surface area contributed by atoms with Gasteiger partial charge in [-0.3, -0.25) is 0 Å². The third-order valence-corrected chi connectivity index (χ3v) is 2.68. The van der Waals surface area contributed by atoms with Gasteiger partial charge in [0.05, 0.1) is 5.56 Å². The minimum absolute atomic E-state index is 0.263. The monoisotopic (exact) mass is 209 g/mol. The quantitative estimate of drug-likeness (QED) is 0.824. The van der Waals surface area contributed by atoms with Crippen LogP contribution in [-0.2, 0) is 6.42 Å². The number of hydrogen-bond donors (Lipinski definition) is 1. The van der Waals surface area contributed by atoms with E-state index in [-0.39, 0.29) is 5.56 Å². The second kappa shape index (κ2) is 3.88. The van der Waals surface area contributed by atoms with E-state index in [1.165, 1.54) is 0 Å². The molecule has 0 unspecified atom stereocenters. The highest BCUT2D eigenvalue weighted by Gasteiger charge is 2.19. The zero-order valence-electron chi connectivity index (χ0n) is 8.24. The fourth-order valence-corrected chi connectivity index (χ4v) is 1.91. The summed E-state index contributed by atoms with van der Waals surface area (Å²) >= 11 is 0. The van der Waals surface area contributed by atoms with Crippen LogP contribution in [0.25, 0.3) is 0 Å². The Hall–Kier alpha value is -1.58. The molecule has 1 aromatic rings. The van der Waals surface area contributed by atoms with Gasteiger partial charge in [0.2, 0.25) is 0 Å². The van der Waals surface area contributed by atoms with Crippen LogP contribution in [0.3, 0.4) is 0 Å². The molecule has 0 fully saturated rings. The maximum Gasteiger partial charge on any atom is 0.335 e. The lowest BCUT2D eigenvalue weighted by molar-refractivity contribution is 0.0697. The maximum absolute atomic E-state index is 12.2. The smallest absolute Gasteiger partial charge is 0.335 e. The number of alkyl halides is 1. The van der Waals surface area contributed by atoms with Crippen molar-refractivity contribution < 1.29 is 14.3 Å². The van der Waals surface area contributed by atoms with Crippen LogP contribution < -0.4 is 4.90 Å². The molecule has 0 amide bonds. The van der Waals surface area contributed by atoms with Crippen molar-refractivity contribution in [1.29, 1.82) is 0 Å². The fourth-order valence-electron chi connectivity index (χ4n) is 1.91. The predicted molar refractivity (Wildman–Crippen MR) is 55.3 cm³/mol. The van der Waals surface area contributed by atoms with E-state index >= 15 is 0 Å². The van der Waals surface area contributed by atoms with Crippen LogP contribution in [0.15, 0.2) is 18.2 Å². The molecule has 0 bridgehead atoms. The number of aromatic carboxylic acids is 1. The Morgan fingerprint density at radius 3 is 3.00 bits per heavy atom. The number of halogens is 1. The van der Waals surface area contributed by atoms with Crippen LogP contribution >= 0.6 is 0 Å². The molecule has 1 N–H and O–H groups in total. The lowest BCUT2D eigenvalue weighted by Crippen LogP contribution is -2.23. The molecule has 1 aliphatic rings. The molecule has 0 aliphatic carbocycles. The van der Waals surface area contributed by atoms with E-state index in [1.807, 2.05) is 11.0 Å². The summed E-state index contributed by atoms with van der Waals surface area (Å²) in [4.78, 5) is 12.7. The average Bonchev–Trinajstić information content (AvgIpc) is 2.61. The van der Waals surface area contributed by atoms with Gasteiger partial charge in [0.15, 0.2) is 0 Å². The van der Waals surface area contributed by atoms with Crippen LogP contribution in [0.1, 0.15) is 15.9 Å². The summed E-state index contributed by atoms with van der Waals surface area (Å²) in [5, 5.41) is 8.84. The second-order valence-electron chi connectivity index (χ2n) is 3.57. The predicted octanol–water partition coefficient (Wildman–Crippen LogP) is 1.72. The molecule has 0 radical (unpaired) electrons. The third-order valence-electron chi connectivity index (χ3n) is 2.68. The van der Waals surface area contributed by atoms with E-state index in [2.05, 4.69) is 0 Å². The first-order chi connectivity index (χ1) is 7.22. The summed E-state index contributed by atoms with van der Waals surface area (Å²) in [7, 11) is 0. The molecule has 1 aliphatic heterocycles. The summed E-state index contributed by atoms with van der Waals surface area (Å²) in [6.07, 6.45) is 0.870. The van der Waals surface area contributed by atoms with Gasteiger partial charge < -0.3 is 10.0 Å². The normalized spacial score (nSPS) is 14.1. The fraction of sp³-hybridized carbons (Fsp3) is 0.364. The van der Waals surface area contributed by atoms with Crippen molar-refractivity contribution >= 4 is 11.7 Å².